The smallest absolute Gasteiger partial charge is 0.268 e. The Morgan fingerprint density at radius 2 is 2.05 bits per heavy atom. The summed E-state index contributed by atoms with van der Waals surface area (Å²) in [7, 11) is -3.68. The lowest BCUT2D eigenvalue weighted by Crippen LogP contribution is -2.35. The van der Waals surface area contributed by atoms with Gasteiger partial charge in [0.1, 0.15) is 11.5 Å². The lowest BCUT2D eigenvalue weighted by molar-refractivity contribution is 0.374. The number of benzene rings is 1. The minimum absolute atomic E-state index is 0.0345. The van der Waals surface area contributed by atoms with E-state index in [1.807, 2.05) is 0 Å². The maximum Gasteiger partial charge on any atom is 0.268 e. The van der Waals surface area contributed by atoms with Gasteiger partial charge in [0, 0.05) is 35.7 Å². The standard InChI is InChI=1S/C30H31FN6O3S/c1-5-20-13-23-15-34-30(35-24-6-7-25(26(31)14-24)21-9-11-33-19(4)12-21)36-28(23)37(29(20)38)17-22-8-10-32-16-27(22)41(39,40)18(2)3/h1,6-8,10,13-16,18-19,21,33H,9,11-12,17H2,2-4H3,(H,34,35,36). The van der Waals surface area contributed by atoms with Gasteiger partial charge in [0.15, 0.2) is 9.84 Å². The number of nitrogens with zero attached hydrogens (tertiary/aromatic N) is 4. The van der Waals surface area contributed by atoms with E-state index in [9.17, 15) is 13.2 Å². The topological polar surface area (TPSA) is 119 Å². The van der Waals surface area contributed by atoms with Crippen LogP contribution in [0.2, 0.25) is 0 Å². The van der Waals surface area contributed by atoms with Gasteiger partial charge in [0.25, 0.3) is 5.56 Å². The van der Waals surface area contributed by atoms with E-state index >= 15 is 4.39 Å². The van der Waals surface area contributed by atoms with Crippen LogP contribution in [0.1, 0.15) is 56.2 Å². The zero-order valence-electron chi connectivity index (χ0n) is 23.1. The molecule has 1 fully saturated rings. The Morgan fingerprint density at radius 1 is 1.24 bits per heavy atom. The van der Waals surface area contributed by atoms with Crippen LogP contribution in [0.25, 0.3) is 11.0 Å². The molecule has 1 aliphatic heterocycles. The lowest BCUT2D eigenvalue weighted by atomic mass is 9.86. The first-order chi connectivity index (χ1) is 19.6. The molecule has 0 spiro atoms. The van der Waals surface area contributed by atoms with Crippen LogP contribution >= 0.6 is 0 Å². The molecule has 212 valence electrons. The van der Waals surface area contributed by atoms with Crippen molar-refractivity contribution in [2.75, 3.05) is 11.9 Å². The Labute approximate surface area is 238 Å². The Hall–Kier alpha value is -4.14. The van der Waals surface area contributed by atoms with Gasteiger partial charge < -0.3 is 10.6 Å². The second-order valence-corrected chi connectivity index (χ2v) is 13.1. The first kappa shape index (κ1) is 28.4. The number of hydrogen-bond acceptors (Lipinski definition) is 8. The lowest BCUT2D eigenvalue weighted by Gasteiger charge is -2.28. The minimum atomic E-state index is -3.68. The highest BCUT2D eigenvalue weighted by Gasteiger charge is 2.25. The van der Waals surface area contributed by atoms with E-state index in [2.05, 4.69) is 38.4 Å². The van der Waals surface area contributed by atoms with Crippen molar-refractivity contribution >= 4 is 32.5 Å². The maximum absolute atomic E-state index is 15.1. The van der Waals surface area contributed by atoms with Gasteiger partial charge in [-0.25, -0.2) is 17.8 Å². The highest BCUT2D eigenvalue weighted by molar-refractivity contribution is 7.92. The van der Waals surface area contributed by atoms with Crippen molar-refractivity contribution in [3.63, 3.8) is 0 Å². The Morgan fingerprint density at radius 3 is 2.76 bits per heavy atom. The highest BCUT2D eigenvalue weighted by atomic mass is 32.2. The Bertz CT molecular complexity index is 1830. The minimum Gasteiger partial charge on any atom is -0.324 e. The van der Waals surface area contributed by atoms with Crippen LogP contribution in [0.15, 0.2) is 58.6 Å². The third-order valence-electron chi connectivity index (χ3n) is 7.43. The molecule has 11 heteroatoms. The zero-order valence-corrected chi connectivity index (χ0v) is 23.9. The van der Waals surface area contributed by atoms with Crippen molar-refractivity contribution in [3.05, 3.63) is 81.8 Å². The summed E-state index contributed by atoms with van der Waals surface area (Å²) in [6.45, 7) is 6.01. The molecule has 0 saturated carbocycles. The van der Waals surface area contributed by atoms with E-state index in [1.165, 1.54) is 35.3 Å². The molecule has 1 saturated heterocycles. The molecule has 41 heavy (non-hydrogen) atoms. The molecule has 2 unspecified atom stereocenters. The van der Waals surface area contributed by atoms with Crippen LogP contribution in [0.3, 0.4) is 0 Å². The second kappa shape index (κ2) is 11.4. The fourth-order valence-corrected chi connectivity index (χ4v) is 6.38. The van der Waals surface area contributed by atoms with Gasteiger partial charge >= 0.3 is 0 Å². The maximum atomic E-state index is 15.1. The molecule has 0 amide bonds. The molecule has 0 bridgehead atoms. The molecule has 2 atom stereocenters. The van der Waals surface area contributed by atoms with Gasteiger partial charge in [0.2, 0.25) is 5.95 Å². The van der Waals surface area contributed by atoms with E-state index in [-0.39, 0.29) is 40.3 Å². The highest BCUT2D eigenvalue weighted by Crippen LogP contribution is 2.31. The first-order valence-electron chi connectivity index (χ1n) is 13.4. The number of terminal acetylenes is 1. The van der Waals surface area contributed by atoms with Crippen molar-refractivity contribution < 1.29 is 12.8 Å². The van der Waals surface area contributed by atoms with Crippen LogP contribution in [-0.2, 0) is 16.4 Å². The number of anilines is 2. The molecule has 4 aromatic rings. The summed E-state index contributed by atoms with van der Waals surface area (Å²) >= 11 is 0. The number of aromatic nitrogens is 4. The second-order valence-electron chi connectivity index (χ2n) is 10.6. The molecule has 5 rings (SSSR count). The van der Waals surface area contributed by atoms with Crippen molar-refractivity contribution in [1.29, 1.82) is 0 Å². The van der Waals surface area contributed by atoms with Gasteiger partial charge in [-0.05, 0) is 81.5 Å². The number of pyridine rings is 2. The summed E-state index contributed by atoms with van der Waals surface area (Å²) in [6, 6.07) is 8.40. The number of rotatable bonds is 7. The number of nitrogens with one attached hydrogen (secondary N) is 2. The van der Waals surface area contributed by atoms with E-state index in [4.69, 9.17) is 6.42 Å². The number of halogens is 1. The molecular weight excluding hydrogens is 543 g/mol. The zero-order chi connectivity index (χ0) is 29.3. The average molecular weight is 575 g/mol. The van der Waals surface area contributed by atoms with Crippen molar-refractivity contribution in [1.82, 2.24) is 24.8 Å². The molecule has 0 aliphatic carbocycles. The fraction of sp³-hybridized carbons (Fsp3) is 0.333. The van der Waals surface area contributed by atoms with Crippen molar-refractivity contribution in [2.24, 2.45) is 0 Å². The van der Waals surface area contributed by atoms with Gasteiger partial charge in [0.05, 0.1) is 22.3 Å². The van der Waals surface area contributed by atoms with Gasteiger partial charge in [-0.1, -0.05) is 12.0 Å². The monoisotopic (exact) mass is 574 g/mol. The third kappa shape index (κ3) is 5.71. The molecule has 9 nitrogen and oxygen atoms in total. The number of hydrogen-bond donors (Lipinski definition) is 2. The van der Waals surface area contributed by atoms with Crippen LogP contribution in [0.4, 0.5) is 16.0 Å². The van der Waals surface area contributed by atoms with Crippen LogP contribution in [0.5, 0.6) is 0 Å². The van der Waals surface area contributed by atoms with Gasteiger partial charge in [-0.2, -0.15) is 4.98 Å². The average Bonchev–Trinajstić information content (AvgIpc) is 2.94. The van der Waals surface area contributed by atoms with Gasteiger partial charge in [-0.3, -0.25) is 14.3 Å². The molecular formula is C30H31FN6O3S. The van der Waals surface area contributed by atoms with Crippen molar-refractivity contribution in [2.45, 2.75) is 62.3 Å². The summed E-state index contributed by atoms with van der Waals surface area (Å²) in [5.41, 5.74) is 1.36. The summed E-state index contributed by atoms with van der Waals surface area (Å²) in [6.07, 6.45) is 11.6. The molecule has 3 aromatic heterocycles. The number of piperidine rings is 1. The molecule has 0 radical (unpaired) electrons. The quantitative estimate of drug-likeness (QED) is 0.316. The Balaban J connectivity index is 1.53. The van der Waals surface area contributed by atoms with Crippen LogP contribution in [-0.4, -0.2) is 45.8 Å². The van der Waals surface area contributed by atoms with E-state index in [1.54, 1.807) is 32.0 Å². The fourth-order valence-electron chi connectivity index (χ4n) is 5.17. The van der Waals surface area contributed by atoms with E-state index < -0.39 is 20.6 Å². The number of sulfone groups is 1. The largest absolute Gasteiger partial charge is 0.324 e. The normalized spacial score (nSPS) is 17.5. The molecule has 2 N–H and O–H groups in total. The predicted molar refractivity (Wildman–Crippen MR) is 157 cm³/mol. The SMILES string of the molecule is C#Cc1cc2cnc(Nc3ccc(C4CCNC(C)C4)c(F)c3)nc2n(Cc2ccncc2S(=O)(=O)C(C)C)c1=O. The summed E-state index contributed by atoms with van der Waals surface area (Å²) in [4.78, 5) is 26.3. The van der Waals surface area contributed by atoms with Gasteiger partial charge in [-0.15, -0.1) is 6.42 Å². The first-order valence-corrected chi connectivity index (χ1v) is 15.0. The van der Waals surface area contributed by atoms with Crippen LogP contribution in [0, 0.1) is 18.2 Å². The van der Waals surface area contributed by atoms with Crippen LogP contribution < -0.4 is 16.2 Å². The van der Waals surface area contributed by atoms with E-state index in [0.29, 0.717) is 28.2 Å². The van der Waals surface area contributed by atoms with E-state index in [0.717, 1.165) is 19.4 Å². The predicted octanol–water partition coefficient (Wildman–Crippen LogP) is 4.14. The Kier molecular flexibility index (Phi) is 7.89. The number of fused-ring (bicyclic) bond motifs is 1. The summed E-state index contributed by atoms with van der Waals surface area (Å²) in [5.74, 6) is 2.38. The molecule has 1 aliphatic rings. The van der Waals surface area contributed by atoms with Crippen molar-refractivity contribution in [3.8, 4) is 12.3 Å². The molecule has 1 aromatic carbocycles. The third-order valence-corrected chi connectivity index (χ3v) is 9.65. The molecule has 4 heterocycles. The summed E-state index contributed by atoms with van der Waals surface area (Å²) < 4.78 is 42.5. The summed E-state index contributed by atoms with van der Waals surface area (Å²) in [5, 5.41) is 6.23.